The molecule has 1 aromatic heterocycles. The molecule has 0 radical (unpaired) electrons. The van der Waals surface area contributed by atoms with Gasteiger partial charge in [0.2, 0.25) is 5.88 Å². The average molecular weight is 482 g/mol. The summed E-state index contributed by atoms with van der Waals surface area (Å²) in [7, 11) is 3.39. The van der Waals surface area contributed by atoms with Crippen LogP contribution in [0, 0.1) is 0 Å². The third kappa shape index (κ3) is 5.24. The second-order valence-electron chi connectivity index (χ2n) is 6.90. The van der Waals surface area contributed by atoms with Crippen LogP contribution in [0.1, 0.15) is 37.4 Å². The van der Waals surface area contributed by atoms with Crippen LogP contribution in [-0.2, 0) is 6.54 Å². The van der Waals surface area contributed by atoms with Crippen LogP contribution in [0.2, 0.25) is 0 Å². The van der Waals surface area contributed by atoms with Gasteiger partial charge in [0.25, 0.3) is 0 Å². The largest absolute Gasteiger partial charge is 0.487 e. The monoisotopic (exact) mass is 482 g/mol. The maximum absolute atomic E-state index is 6.10. The van der Waals surface area contributed by atoms with Gasteiger partial charge in [0, 0.05) is 37.3 Å². The predicted molar refractivity (Wildman–Crippen MR) is 118 cm³/mol. The van der Waals surface area contributed by atoms with Crippen molar-refractivity contribution in [3.8, 4) is 11.6 Å². The fraction of sp³-hybridized carbons (Fsp3) is 0.400. The minimum Gasteiger partial charge on any atom is -0.487 e. The quantitative estimate of drug-likeness (QED) is 0.396. The topological polar surface area (TPSA) is 67.8 Å². The van der Waals surface area contributed by atoms with Crippen molar-refractivity contribution < 1.29 is 9.47 Å². The van der Waals surface area contributed by atoms with E-state index in [-0.39, 0.29) is 35.6 Å². The molecule has 1 atom stereocenters. The van der Waals surface area contributed by atoms with E-state index >= 15 is 0 Å². The summed E-state index contributed by atoms with van der Waals surface area (Å²) in [6.07, 6.45) is 2.57. The minimum atomic E-state index is -0.239. The van der Waals surface area contributed by atoms with Crippen LogP contribution in [-0.4, -0.2) is 30.7 Å². The molecule has 0 saturated carbocycles. The van der Waals surface area contributed by atoms with Gasteiger partial charge in [-0.25, -0.2) is 4.98 Å². The van der Waals surface area contributed by atoms with E-state index in [1.807, 2.05) is 30.3 Å². The third-order valence-corrected chi connectivity index (χ3v) is 4.40. The number of aromatic nitrogens is 1. The molecule has 2 heterocycles. The number of hydrogen-bond donors (Lipinski definition) is 2. The van der Waals surface area contributed by atoms with E-state index in [1.165, 1.54) is 0 Å². The number of hydrogen-bond acceptors (Lipinski definition) is 4. The van der Waals surface area contributed by atoms with Crippen LogP contribution in [0.4, 0.5) is 0 Å². The van der Waals surface area contributed by atoms with Gasteiger partial charge in [-0.1, -0.05) is 24.3 Å². The van der Waals surface area contributed by atoms with E-state index in [0.717, 1.165) is 29.3 Å². The van der Waals surface area contributed by atoms with Crippen LogP contribution < -0.4 is 20.1 Å². The molecule has 1 aromatic carbocycles. The van der Waals surface area contributed by atoms with Crippen molar-refractivity contribution >= 4 is 29.9 Å². The van der Waals surface area contributed by atoms with E-state index < -0.39 is 0 Å². The van der Waals surface area contributed by atoms with E-state index in [4.69, 9.17) is 9.47 Å². The molecule has 0 spiro atoms. The van der Waals surface area contributed by atoms with Gasteiger partial charge < -0.3 is 20.1 Å². The van der Waals surface area contributed by atoms with Crippen LogP contribution in [0.5, 0.6) is 11.6 Å². The maximum atomic E-state index is 6.10. The van der Waals surface area contributed by atoms with Crippen LogP contribution >= 0.6 is 24.0 Å². The van der Waals surface area contributed by atoms with Crippen molar-refractivity contribution in [2.45, 2.75) is 38.5 Å². The van der Waals surface area contributed by atoms with Crippen molar-refractivity contribution in [1.29, 1.82) is 0 Å². The first-order chi connectivity index (χ1) is 12.5. The molecule has 27 heavy (non-hydrogen) atoms. The Labute approximate surface area is 177 Å². The molecule has 6 nitrogen and oxygen atoms in total. The number of benzene rings is 1. The Morgan fingerprint density at radius 3 is 2.81 bits per heavy atom. The average Bonchev–Trinajstić information content (AvgIpc) is 2.64. The van der Waals surface area contributed by atoms with Crippen LogP contribution in [0.25, 0.3) is 0 Å². The smallest absolute Gasteiger partial charge is 0.218 e. The van der Waals surface area contributed by atoms with Crippen molar-refractivity contribution in [3.05, 3.63) is 53.7 Å². The second-order valence-corrected chi connectivity index (χ2v) is 6.90. The Bertz CT molecular complexity index is 795. The number of pyridine rings is 1. The first kappa shape index (κ1) is 21.3. The number of nitrogens with zero attached hydrogens (tertiary/aromatic N) is 2. The zero-order chi connectivity index (χ0) is 18.6. The van der Waals surface area contributed by atoms with E-state index in [1.54, 1.807) is 20.4 Å². The lowest BCUT2D eigenvalue weighted by atomic mass is 9.90. The van der Waals surface area contributed by atoms with Crippen molar-refractivity contribution in [3.63, 3.8) is 0 Å². The summed E-state index contributed by atoms with van der Waals surface area (Å²) in [5.74, 6) is 2.27. The molecular weight excluding hydrogens is 455 g/mol. The number of methoxy groups -OCH3 is 1. The molecule has 0 aliphatic carbocycles. The molecular formula is C20H27IN4O2. The van der Waals surface area contributed by atoms with Crippen molar-refractivity contribution in [2.24, 2.45) is 4.99 Å². The molecule has 3 rings (SSSR count). The third-order valence-electron chi connectivity index (χ3n) is 4.40. The number of nitrogens with one attached hydrogen (secondary N) is 2. The fourth-order valence-electron chi connectivity index (χ4n) is 3.21. The summed E-state index contributed by atoms with van der Waals surface area (Å²) < 4.78 is 11.4. The molecule has 146 valence electrons. The van der Waals surface area contributed by atoms with E-state index in [9.17, 15) is 0 Å². The highest BCUT2D eigenvalue weighted by Gasteiger charge is 2.33. The number of fused-ring (bicyclic) bond motifs is 1. The number of rotatable bonds is 4. The van der Waals surface area contributed by atoms with Crippen molar-refractivity contribution in [1.82, 2.24) is 15.6 Å². The summed E-state index contributed by atoms with van der Waals surface area (Å²) in [5.41, 5.74) is 1.89. The van der Waals surface area contributed by atoms with Gasteiger partial charge in [-0.15, -0.1) is 24.0 Å². The Kier molecular flexibility index (Phi) is 7.29. The molecule has 0 amide bonds. The van der Waals surface area contributed by atoms with Crippen LogP contribution in [0.3, 0.4) is 0 Å². The first-order valence-corrected chi connectivity index (χ1v) is 8.75. The summed E-state index contributed by atoms with van der Waals surface area (Å²) in [5, 5.41) is 6.87. The number of aliphatic imine (C=N–C) groups is 1. The van der Waals surface area contributed by atoms with Gasteiger partial charge in [-0.3, -0.25) is 4.99 Å². The van der Waals surface area contributed by atoms with Crippen molar-refractivity contribution in [2.75, 3.05) is 14.2 Å². The summed E-state index contributed by atoms with van der Waals surface area (Å²) >= 11 is 0. The molecule has 1 aliphatic rings. The predicted octanol–water partition coefficient (Wildman–Crippen LogP) is 3.68. The molecule has 0 saturated heterocycles. The molecule has 0 bridgehead atoms. The Balaban J connectivity index is 0.00000261. The molecule has 0 fully saturated rings. The van der Waals surface area contributed by atoms with E-state index in [0.29, 0.717) is 12.4 Å². The van der Waals surface area contributed by atoms with Gasteiger partial charge in [0.1, 0.15) is 11.4 Å². The number of guanidine groups is 1. The summed E-state index contributed by atoms with van der Waals surface area (Å²) in [4.78, 5) is 8.59. The van der Waals surface area contributed by atoms with Gasteiger partial charge in [-0.05, 0) is 26.0 Å². The first-order valence-electron chi connectivity index (χ1n) is 8.75. The highest BCUT2D eigenvalue weighted by molar-refractivity contribution is 14.0. The lowest BCUT2D eigenvalue weighted by Crippen LogP contribution is -2.45. The lowest BCUT2D eigenvalue weighted by molar-refractivity contribution is 0.0694. The van der Waals surface area contributed by atoms with Gasteiger partial charge >= 0.3 is 0 Å². The number of para-hydroxylation sites is 1. The standard InChI is InChI=1S/C20H26N4O2.HI/c1-20(2)12-16(15-9-5-6-10-17(15)26-20)24-19(21-3)23-13-14-8-7-11-22-18(14)25-4;/h5-11,16H,12-13H2,1-4H3,(H2,21,23,24);1H. The Morgan fingerprint density at radius 2 is 2.07 bits per heavy atom. The SMILES string of the molecule is CN=C(NCc1cccnc1OC)NC1CC(C)(C)Oc2ccccc21.I. The lowest BCUT2D eigenvalue weighted by Gasteiger charge is -2.38. The molecule has 2 N–H and O–H groups in total. The molecule has 7 heteroatoms. The fourth-order valence-corrected chi connectivity index (χ4v) is 3.21. The maximum Gasteiger partial charge on any atom is 0.218 e. The highest BCUT2D eigenvalue weighted by atomic mass is 127. The summed E-state index contributed by atoms with van der Waals surface area (Å²) in [6, 6.07) is 12.1. The Hall–Kier alpha value is -2.03. The van der Waals surface area contributed by atoms with Gasteiger partial charge in [0.15, 0.2) is 5.96 Å². The minimum absolute atomic E-state index is 0. The number of halogens is 1. The molecule has 1 unspecified atom stereocenters. The normalized spacial score (nSPS) is 17.8. The van der Waals surface area contributed by atoms with Gasteiger partial charge in [0.05, 0.1) is 13.2 Å². The Morgan fingerprint density at radius 1 is 1.30 bits per heavy atom. The van der Waals surface area contributed by atoms with E-state index in [2.05, 4.69) is 40.5 Å². The zero-order valence-corrected chi connectivity index (χ0v) is 18.5. The zero-order valence-electron chi connectivity index (χ0n) is 16.2. The van der Waals surface area contributed by atoms with Gasteiger partial charge in [-0.2, -0.15) is 0 Å². The molecule has 1 aliphatic heterocycles. The summed E-state index contributed by atoms with van der Waals surface area (Å²) in [6.45, 7) is 4.79. The number of ether oxygens (including phenoxy) is 2. The van der Waals surface area contributed by atoms with Crippen LogP contribution in [0.15, 0.2) is 47.6 Å². The highest BCUT2D eigenvalue weighted by Crippen LogP contribution is 2.39. The second kappa shape index (κ2) is 9.25. The molecule has 2 aromatic rings.